The van der Waals surface area contributed by atoms with E-state index in [1.807, 2.05) is 0 Å². The Bertz CT molecular complexity index is 510. The summed E-state index contributed by atoms with van der Waals surface area (Å²) in [5, 5.41) is 0. The summed E-state index contributed by atoms with van der Waals surface area (Å²) in [5.74, 6) is -1.02. The fraction of sp³-hybridized carbons (Fsp3) is 0.300. The van der Waals surface area contributed by atoms with Gasteiger partial charge in [-0.3, -0.25) is 4.79 Å². The van der Waals surface area contributed by atoms with Gasteiger partial charge in [0.05, 0.1) is 4.90 Å². The third-order valence-corrected chi connectivity index (χ3v) is 3.61. The molecule has 0 aromatic heterocycles. The van der Waals surface area contributed by atoms with Crippen LogP contribution in [0.5, 0.6) is 0 Å². The van der Waals surface area contributed by atoms with E-state index in [4.69, 9.17) is 0 Å². The van der Waals surface area contributed by atoms with Crippen LogP contribution in [-0.4, -0.2) is 21.7 Å². The summed E-state index contributed by atoms with van der Waals surface area (Å²) in [6, 6.07) is 3.55. The summed E-state index contributed by atoms with van der Waals surface area (Å²) in [7, 11) is -3.31. The van der Waals surface area contributed by atoms with Crippen molar-refractivity contribution in [3.63, 3.8) is 0 Å². The summed E-state index contributed by atoms with van der Waals surface area (Å²) in [6.45, 7) is 0. The van der Waals surface area contributed by atoms with E-state index in [0.717, 1.165) is 6.07 Å². The molecule has 7 heteroatoms. The predicted molar refractivity (Wildman–Crippen MR) is 51.8 cm³/mol. The van der Waals surface area contributed by atoms with Gasteiger partial charge < -0.3 is 0 Å². The molecule has 1 aromatic rings. The Morgan fingerprint density at radius 3 is 2.53 bits per heavy atom. The number of hydrogen-bond acceptors (Lipinski definition) is 2. The highest BCUT2D eigenvalue weighted by molar-refractivity contribution is 7.86. The third-order valence-electron chi connectivity index (χ3n) is 2.45. The predicted octanol–water partition coefficient (Wildman–Crippen LogP) is 2.39. The van der Waals surface area contributed by atoms with Gasteiger partial charge in [-0.2, -0.15) is 13.2 Å². The molecule has 0 N–H and O–H groups in total. The molecule has 0 bridgehead atoms. The van der Waals surface area contributed by atoms with E-state index in [1.54, 1.807) is 0 Å². The van der Waals surface area contributed by atoms with Crippen molar-refractivity contribution in [3.05, 3.63) is 29.3 Å². The van der Waals surface area contributed by atoms with E-state index in [0.29, 0.717) is 0 Å². The van der Waals surface area contributed by atoms with Crippen LogP contribution >= 0.6 is 0 Å². The van der Waals surface area contributed by atoms with Crippen LogP contribution in [0.2, 0.25) is 0 Å². The second kappa shape index (κ2) is 3.90. The minimum atomic E-state index is -4.95. The maximum absolute atomic E-state index is 13.1. The average molecular weight is 266 g/mol. The molecule has 2 unspecified atom stereocenters. The lowest BCUT2D eigenvalue weighted by Crippen LogP contribution is -2.19. The van der Waals surface area contributed by atoms with Crippen LogP contribution < -0.4 is 0 Å². The fourth-order valence-corrected chi connectivity index (χ4v) is 2.62. The Morgan fingerprint density at radius 2 is 1.94 bits per heavy atom. The molecule has 0 fully saturated rings. The molecule has 1 aromatic carbocycles. The third kappa shape index (κ3) is 1.99. The first kappa shape index (κ1) is 12.2. The van der Waals surface area contributed by atoms with Gasteiger partial charge in [-0.1, -0.05) is 12.1 Å². The van der Waals surface area contributed by atoms with Crippen LogP contribution in [-0.2, 0) is 17.2 Å². The van der Waals surface area contributed by atoms with Gasteiger partial charge in [-0.25, -0.2) is 8.60 Å². The zero-order valence-electron chi connectivity index (χ0n) is 8.25. The van der Waals surface area contributed by atoms with Crippen molar-refractivity contribution in [1.82, 2.24) is 0 Å². The van der Waals surface area contributed by atoms with Gasteiger partial charge >= 0.3 is 5.51 Å². The van der Waals surface area contributed by atoms with Crippen LogP contribution in [0.25, 0.3) is 0 Å². The number of benzene rings is 1. The van der Waals surface area contributed by atoms with Crippen LogP contribution in [0.15, 0.2) is 23.1 Å². The molecule has 1 aliphatic carbocycles. The average Bonchev–Trinajstić information content (AvgIpc) is 2.52. The summed E-state index contributed by atoms with van der Waals surface area (Å²) >= 11 is 0. The number of Topliss-reactive ketones (excluding diaryl/α,β-unsaturated/α-hetero) is 1. The molecule has 17 heavy (non-hydrogen) atoms. The number of carbonyl (C=O) groups is 1. The van der Waals surface area contributed by atoms with Crippen LogP contribution in [0, 0.1) is 0 Å². The molecule has 2 rings (SSSR count). The second-order valence-corrected chi connectivity index (χ2v) is 4.98. The first-order valence-electron chi connectivity index (χ1n) is 4.61. The molecule has 0 spiro atoms. The molecule has 0 saturated heterocycles. The Labute approximate surface area is 96.1 Å². The van der Waals surface area contributed by atoms with E-state index in [9.17, 15) is 26.6 Å². The molecule has 92 valence electrons. The van der Waals surface area contributed by atoms with Gasteiger partial charge in [0.25, 0.3) is 0 Å². The normalized spacial score (nSPS) is 21.4. The molecule has 2 atom stereocenters. The van der Waals surface area contributed by atoms with Gasteiger partial charge in [0.15, 0.2) is 22.8 Å². The summed E-state index contributed by atoms with van der Waals surface area (Å²) in [5.41, 5.74) is -5.16. The topological polar surface area (TPSA) is 34.1 Å². The van der Waals surface area contributed by atoms with E-state index in [2.05, 4.69) is 0 Å². The standard InChI is InChI=1S/C10H6F4O2S/c11-6-4-5-2-1-3-7(8(5)9(6)15)17(16)10(12,13)14/h1-3,6H,4H2. The Hall–Kier alpha value is -1.24. The lowest BCUT2D eigenvalue weighted by atomic mass is 10.1. The van der Waals surface area contributed by atoms with Gasteiger partial charge in [0.1, 0.15) is 0 Å². The molecule has 0 amide bonds. The van der Waals surface area contributed by atoms with Crippen LogP contribution in [0.3, 0.4) is 0 Å². The largest absolute Gasteiger partial charge is 0.475 e. The molecular formula is C10H6F4O2S. The molecule has 0 radical (unpaired) electrons. The van der Waals surface area contributed by atoms with Crippen molar-refractivity contribution in [3.8, 4) is 0 Å². The monoisotopic (exact) mass is 266 g/mol. The summed E-state index contributed by atoms with van der Waals surface area (Å²) in [6.07, 6.45) is -2.09. The van der Waals surface area contributed by atoms with Crippen molar-refractivity contribution in [2.24, 2.45) is 0 Å². The van der Waals surface area contributed by atoms with Crippen molar-refractivity contribution in [1.29, 1.82) is 0 Å². The Morgan fingerprint density at radius 1 is 1.29 bits per heavy atom. The highest BCUT2D eigenvalue weighted by Gasteiger charge is 2.42. The highest BCUT2D eigenvalue weighted by atomic mass is 32.2. The quantitative estimate of drug-likeness (QED) is 0.731. The summed E-state index contributed by atoms with van der Waals surface area (Å²) in [4.78, 5) is 10.7. The number of ketones is 1. The molecular weight excluding hydrogens is 260 g/mol. The fourth-order valence-electron chi connectivity index (χ4n) is 1.75. The second-order valence-electron chi connectivity index (χ2n) is 3.54. The Kier molecular flexibility index (Phi) is 2.81. The van der Waals surface area contributed by atoms with E-state index in [1.165, 1.54) is 12.1 Å². The van der Waals surface area contributed by atoms with Crippen molar-refractivity contribution in [2.75, 3.05) is 0 Å². The number of carbonyl (C=O) groups excluding carboxylic acids is 1. The number of fused-ring (bicyclic) bond motifs is 1. The number of halogens is 4. The lowest BCUT2D eigenvalue weighted by Gasteiger charge is -2.09. The van der Waals surface area contributed by atoms with E-state index < -0.39 is 33.2 Å². The SMILES string of the molecule is O=C1c2c(cccc2S(=O)C(F)(F)F)CC1F. The van der Waals surface area contributed by atoms with Gasteiger partial charge in [-0.05, 0) is 11.6 Å². The minimum absolute atomic E-state index is 0.178. The zero-order chi connectivity index (χ0) is 12.8. The zero-order valence-corrected chi connectivity index (χ0v) is 9.07. The highest BCUT2D eigenvalue weighted by Crippen LogP contribution is 2.34. The van der Waals surface area contributed by atoms with Gasteiger partial charge in [0.2, 0.25) is 0 Å². The first-order chi connectivity index (χ1) is 7.82. The van der Waals surface area contributed by atoms with Crippen LogP contribution in [0.1, 0.15) is 15.9 Å². The van der Waals surface area contributed by atoms with Crippen LogP contribution in [0.4, 0.5) is 17.6 Å². The maximum atomic E-state index is 13.1. The number of rotatable bonds is 1. The van der Waals surface area contributed by atoms with Gasteiger partial charge in [0, 0.05) is 12.0 Å². The van der Waals surface area contributed by atoms with E-state index in [-0.39, 0.29) is 17.5 Å². The molecule has 0 heterocycles. The smallest absolute Gasteiger partial charge is 0.291 e. The van der Waals surface area contributed by atoms with E-state index >= 15 is 0 Å². The van der Waals surface area contributed by atoms with Gasteiger partial charge in [-0.15, -0.1) is 0 Å². The van der Waals surface area contributed by atoms with Crippen molar-refractivity contribution in [2.45, 2.75) is 23.0 Å². The summed E-state index contributed by atoms with van der Waals surface area (Å²) < 4.78 is 61.3. The lowest BCUT2D eigenvalue weighted by molar-refractivity contribution is -0.0384. The number of hydrogen-bond donors (Lipinski definition) is 0. The van der Waals surface area contributed by atoms with Crippen molar-refractivity contribution < 1.29 is 26.6 Å². The molecule has 0 aliphatic heterocycles. The van der Waals surface area contributed by atoms with Crippen molar-refractivity contribution >= 4 is 16.6 Å². The minimum Gasteiger partial charge on any atom is -0.291 e. The molecule has 2 nitrogen and oxygen atoms in total. The first-order valence-corrected chi connectivity index (χ1v) is 5.76. The molecule has 0 saturated carbocycles. The molecule has 1 aliphatic rings. The Balaban J connectivity index is 2.56. The maximum Gasteiger partial charge on any atom is 0.475 e. The number of alkyl halides is 4.